The molecule has 0 saturated heterocycles. The molecule has 1 aliphatic carbocycles. The van der Waals surface area contributed by atoms with E-state index in [2.05, 4.69) is 43.8 Å². The number of thiocarbonyl (C=S) groups is 1. The number of carbonyl (C=O) groups is 1. The summed E-state index contributed by atoms with van der Waals surface area (Å²) < 4.78 is 8.25. The van der Waals surface area contributed by atoms with Gasteiger partial charge in [0.2, 0.25) is 0 Å². The number of ether oxygens (including phenoxy) is 1. The van der Waals surface area contributed by atoms with Gasteiger partial charge in [-0.3, -0.25) is 4.68 Å². The normalized spacial score (nSPS) is 13.2. The number of rotatable bonds is 6. The Hall–Kier alpha value is -2.23. The van der Waals surface area contributed by atoms with E-state index < -0.39 is 0 Å². The Labute approximate surface area is 205 Å². The van der Waals surface area contributed by atoms with Crippen molar-refractivity contribution in [2.75, 3.05) is 17.2 Å². The number of hydrogen-bond acceptors (Lipinski definition) is 5. The summed E-state index contributed by atoms with van der Waals surface area (Å²) in [7, 11) is 0. The lowest BCUT2D eigenvalue weighted by Gasteiger charge is -2.10. The van der Waals surface area contributed by atoms with Crippen molar-refractivity contribution in [3.63, 3.8) is 0 Å². The Bertz CT molecular complexity index is 1110. The molecule has 6 nitrogen and oxygen atoms in total. The largest absolute Gasteiger partial charge is 0.462 e. The monoisotopic (exact) mass is 532 g/mol. The number of thiophene rings is 1. The third-order valence-corrected chi connectivity index (χ3v) is 7.21. The van der Waals surface area contributed by atoms with Crippen LogP contribution in [0.15, 0.2) is 41.0 Å². The van der Waals surface area contributed by atoms with Crippen LogP contribution < -0.4 is 10.6 Å². The number of anilines is 2. The summed E-state index contributed by atoms with van der Waals surface area (Å²) in [4.78, 5) is 14.0. The second-order valence-electron chi connectivity index (χ2n) is 7.59. The zero-order valence-corrected chi connectivity index (χ0v) is 21.0. The lowest BCUT2D eigenvalue weighted by atomic mass is 10.1. The molecule has 0 spiro atoms. The quantitative estimate of drug-likeness (QED) is 0.230. The van der Waals surface area contributed by atoms with E-state index >= 15 is 0 Å². The maximum absolute atomic E-state index is 12.7. The molecular weight excluding hydrogens is 508 g/mol. The highest BCUT2D eigenvalue weighted by molar-refractivity contribution is 9.10. The summed E-state index contributed by atoms with van der Waals surface area (Å²) in [6.45, 7) is 2.84. The lowest BCUT2D eigenvalue weighted by Crippen LogP contribution is -2.21. The van der Waals surface area contributed by atoms with E-state index in [0.717, 1.165) is 46.3 Å². The maximum Gasteiger partial charge on any atom is 0.341 e. The number of fused-ring (bicyclic) bond motifs is 1. The molecule has 9 heteroatoms. The molecule has 2 aromatic heterocycles. The molecule has 2 N–H and O–H groups in total. The number of aromatic nitrogens is 2. The highest BCUT2D eigenvalue weighted by Crippen LogP contribution is 2.38. The zero-order chi connectivity index (χ0) is 22.5. The summed E-state index contributed by atoms with van der Waals surface area (Å²) in [5.41, 5.74) is 2.91. The minimum absolute atomic E-state index is 0.282. The van der Waals surface area contributed by atoms with E-state index in [0.29, 0.717) is 29.6 Å². The van der Waals surface area contributed by atoms with Gasteiger partial charge < -0.3 is 15.4 Å². The van der Waals surface area contributed by atoms with Crippen molar-refractivity contribution in [1.82, 2.24) is 9.78 Å². The van der Waals surface area contributed by atoms with E-state index in [4.69, 9.17) is 17.0 Å². The third-order valence-electron chi connectivity index (χ3n) is 5.27. The Morgan fingerprint density at radius 1 is 1.19 bits per heavy atom. The predicted molar refractivity (Wildman–Crippen MR) is 137 cm³/mol. The van der Waals surface area contributed by atoms with Gasteiger partial charge in [-0.2, -0.15) is 5.10 Å². The molecule has 0 fully saturated rings. The first kappa shape index (κ1) is 22.9. The van der Waals surface area contributed by atoms with Crippen LogP contribution in [-0.4, -0.2) is 27.5 Å². The molecule has 0 atom stereocenters. The number of nitrogens with zero attached hydrogens (tertiary/aromatic N) is 2. The molecule has 168 valence electrons. The van der Waals surface area contributed by atoms with Gasteiger partial charge in [-0.05, 0) is 68.1 Å². The summed E-state index contributed by atoms with van der Waals surface area (Å²) in [6, 6.07) is 10.0. The Morgan fingerprint density at radius 3 is 2.75 bits per heavy atom. The Balaban J connectivity index is 1.45. The molecule has 1 aliphatic rings. The van der Waals surface area contributed by atoms with E-state index in [1.165, 1.54) is 11.3 Å². The molecule has 1 aromatic carbocycles. The van der Waals surface area contributed by atoms with Crippen molar-refractivity contribution in [3.8, 4) is 0 Å². The number of aryl methyl sites for hydroxylation is 1. The molecule has 4 rings (SSSR count). The van der Waals surface area contributed by atoms with Gasteiger partial charge in [-0.15, -0.1) is 11.3 Å². The molecule has 0 amide bonds. The van der Waals surface area contributed by atoms with Gasteiger partial charge in [0.1, 0.15) is 5.00 Å². The first-order chi connectivity index (χ1) is 15.5. The number of hydrogen-bond donors (Lipinski definition) is 2. The predicted octanol–water partition coefficient (Wildman–Crippen LogP) is 6.01. The molecule has 2 heterocycles. The van der Waals surface area contributed by atoms with Crippen molar-refractivity contribution >= 4 is 61.4 Å². The average Bonchev–Trinajstić information content (AvgIpc) is 3.26. The van der Waals surface area contributed by atoms with Crippen LogP contribution in [-0.2, 0) is 24.1 Å². The fraction of sp³-hybridized carbons (Fsp3) is 0.348. The summed E-state index contributed by atoms with van der Waals surface area (Å²) >= 11 is 10.6. The van der Waals surface area contributed by atoms with Gasteiger partial charge in [0.15, 0.2) is 10.9 Å². The molecular formula is C23H25BrN4O2S2. The topological polar surface area (TPSA) is 68.2 Å². The number of esters is 1. The highest BCUT2D eigenvalue weighted by Gasteiger charge is 2.26. The van der Waals surface area contributed by atoms with Gasteiger partial charge >= 0.3 is 5.97 Å². The van der Waals surface area contributed by atoms with Crippen LogP contribution >= 0.6 is 39.5 Å². The van der Waals surface area contributed by atoms with Crippen LogP contribution in [0, 0.1) is 0 Å². The van der Waals surface area contributed by atoms with E-state index in [9.17, 15) is 4.79 Å². The fourth-order valence-electron chi connectivity index (χ4n) is 3.79. The molecule has 0 radical (unpaired) electrons. The maximum atomic E-state index is 12.7. The van der Waals surface area contributed by atoms with Crippen molar-refractivity contribution in [2.24, 2.45) is 0 Å². The molecule has 0 saturated carbocycles. The molecule has 32 heavy (non-hydrogen) atoms. The second-order valence-corrected chi connectivity index (χ2v) is 10.0. The van der Waals surface area contributed by atoms with Crippen molar-refractivity contribution in [2.45, 2.75) is 45.6 Å². The highest BCUT2D eigenvalue weighted by atomic mass is 79.9. The Morgan fingerprint density at radius 2 is 1.97 bits per heavy atom. The van der Waals surface area contributed by atoms with Gasteiger partial charge in [-0.1, -0.05) is 34.5 Å². The van der Waals surface area contributed by atoms with E-state index in [-0.39, 0.29) is 5.97 Å². The van der Waals surface area contributed by atoms with Crippen molar-refractivity contribution in [1.29, 1.82) is 0 Å². The SMILES string of the molecule is CCOC(=O)c1c(NC(=S)Nc2ccn(Cc3ccc(Br)cc3)n2)sc2c1CCCCC2. The van der Waals surface area contributed by atoms with Crippen LogP contribution in [0.5, 0.6) is 0 Å². The lowest BCUT2D eigenvalue weighted by molar-refractivity contribution is 0.0527. The van der Waals surface area contributed by atoms with E-state index in [1.807, 2.05) is 36.0 Å². The minimum Gasteiger partial charge on any atom is -0.462 e. The van der Waals surface area contributed by atoms with Gasteiger partial charge in [0, 0.05) is 21.6 Å². The first-order valence-electron chi connectivity index (χ1n) is 10.7. The standard InChI is InChI=1S/C23H25BrN4O2S2/c1-2-30-22(29)20-17-6-4-3-5-7-18(17)32-21(20)26-23(31)25-19-12-13-28(27-19)14-15-8-10-16(24)11-9-15/h8-13H,2-7,14H2,1H3,(H2,25,26,27,31). The number of benzene rings is 1. The van der Waals surface area contributed by atoms with Crippen LogP contribution in [0.4, 0.5) is 10.8 Å². The summed E-state index contributed by atoms with van der Waals surface area (Å²) in [5, 5.41) is 12.1. The summed E-state index contributed by atoms with van der Waals surface area (Å²) in [5.74, 6) is 0.367. The molecule has 3 aromatic rings. The summed E-state index contributed by atoms with van der Waals surface area (Å²) in [6.07, 6.45) is 7.23. The van der Waals surface area contributed by atoms with Gasteiger partial charge in [0.05, 0.1) is 18.7 Å². The fourth-order valence-corrected chi connectivity index (χ4v) is 5.61. The van der Waals surface area contributed by atoms with Crippen LogP contribution in [0.1, 0.15) is 52.5 Å². The minimum atomic E-state index is -0.282. The smallest absolute Gasteiger partial charge is 0.341 e. The van der Waals surface area contributed by atoms with E-state index in [1.54, 1.807) is 11.3 Å². The number of nitrogens with one attached hydrogen (secondary N) is 2. The zero-order valence-electron chi connectivity index (χ0n) is 17.8. The van der Waals surface area contributed by atoms with Crippen molar-refractivity contribution in [3.05, 3.63) is 62.6 Å². The number of halogens is 1. The second kappa shape index (κ2) is 10.6. The molecule has 0 unspecified atom stereocenters. The van der Waals surface area contributed by atoms with Crippen LogP contribution in [0.3, 0.4) is 0 Å². The molecule has 0 bridgehead atoms. The van der Waals surface area contributed by atoms with Crippen LogP contribution in [0.25, 0.3) is 0 Å². The van der Waals surface area contributed by atoms with Gasteiger partial charge in [-0.25, -0.2) is 4.79 Å². The average molecular weight is 534 g/mol. The van der Waals surface area contributed by atoms with Crippen LogP contribution in [0.2, 0.25) is 0 Å². The van der Waals surface area contributed by atoms with Crippen molar-refractivity contribution < 1.29 is 9.53 Å². The van der Waals surface area contributed by atoms with Gasteiger partial charge in [0.25, 0.3) is 0 Å². The third kappa shape index (κ3) is 5.57. The Kier molecular flexibility index (Phi) is 7.59. The number of carbonyl (C=O) groups excluding carboxylic acids is 1. The first-order valence-corrected chi connectivity index (χ1v) is 12.7. The molecule has 0 aliphatic heterocycles.